The van der Waals surface area contributed by atoms with Gasteiger partial charge in [-0.05, 0) is 5.56 Å². The normalized spacial score (nSPS) is 10.3. The molecule has 1 amide bonds. The second-order valence-electron chi connectivity index (χ2n) is 4.32. The molecule has 7 heteroatoms. The molecule has 0 fully saturated rings. The summed E-state index contributed by atoms with van der Waals surface area (Å²) >= 11 is 0. The predicted molar refractivity (Wildman–Crippen MR) is 79.9 cm³/mol. The molecular formula is C14H21ClF2N2O2. The van der Waals surface area contributed by atoms with Gasteiger partial charge >= 0.3 is 0 Å². The zero-order valence-corrected chi connectivity index (χ0v) is 12.7. The van der Waals surface area contributed by atoms with Gasteiger partial charge in [0, 0.05) is 20.2 Å². The Bertz CT molecular complexity index is 394. The van der Waals surface area contributed by atoms with Crippen molar-refractivity contribution in [2.24, 2.45) is 0 Å². The van der Waals surface area contributed by atoms with E-state index < -0.39 is 13.0 Å². The van der Waals surface area contributed by atoms with Gasteiger partial charge < -0.3 is 15.0 Å². The van der Waals surface area contributed by atoms with E-state index in [4.69, 9.17) is 4.74 Å². The highest BCUT2D eigenvalue weighted by atomic mass is 35.5. The molecule has 0 aromatic heterocycles. The molecule has 0 unspecified atom stereocenters. The number of alkyl halides is 2. The first-order valence-electron chi connectivity index (χ1n) is 6.43. The first kappa shape index (κ1) is 19.8. The third-order valence-electron chi connectivity index (χ3n) is 2.69. The molecule has 0 spiro atoms. The highest BCUT2D eigenvalue weighted by Crippen LogP contribution is 2.07. The lowest BCUT2D eigenvalue weighted by Gasteiger charge is -2.22. The van der Waals surface area contributed by atoms with E-state index in [0.29, 0.717) is 13.2 Å². The number of methoxy groups -OCH3 is 1. The van der Waals surface area contributed by atoms with Crippen LogP contribution in [0.5, 0.6) is 0 Å². The minimum atomic E-state index is -2.54. The molecule has 1 aromatic carbocycles. The van der Waals surface area contributed by atoms with E-state index in [1.807, 2.05) is 30.3 Å². The van der Waals surface area contributed by atoms with Gasteiger partial charge in [-0.3, -0.25) is 4.79 Å². The number of carbonyl (C=O) groups is 1. The maximum absolute atomic E-state index is 12.6. The second kappa shape index (κ2) is 11.4. The summed E-state index contributed by atoms with van der Waals surface area (Å²) in [4.78, 5) is 13.1. The molecule has 0 aliphatic rings. The van der Waals surface area contributed by atoms with Crippen LogP contribution in [0.2, 0.25) is 0 Å². The number of nitrogens with one attached hydrogen (secondary N) is 1. The number of amides is 1. The highest BCUT2D eigenvalue weighted by molar-refractivity contribution is 5.85. The summed E-state index contributed by atoms with van der Waals surface area (Å²) in [5, 5.41) is 2.86. The number of benzene rings is 1. The van der Waals surface area contributed by atoms with Gasteiger partial charge in [0.2, 0.25) is 5.91 Å². The molecule has 0 atom stereocenters. The molecule has 1 N–H and O–H groups in total. The monoisotopic (exact) mass is 322 g/mol. The van der Waals surface area contributed by atoms with Crippen molar-refractivity contribution in [2.75, 3.05) is 33.4 Å². The summed E-state index contributed by atoms with van der Waals surface area (Å²) in [6.45, 7) is 0.648. The van der Waals surface area contributed by atoms with Crippen molar-refractivity contribution in [2.45, 2.75) is 13.0 Å². The van der Waals surface area contributed by atoms with Crippen LogP contribution in [0.25, 0.3) is 0 Å². The number of halogens is 3. The molecule has 1 rings (SSSR count). The average molecular weight is 323 g/mol. The summed E-state index contributed by atoms with van der Waals surface area (Å²) in [5.41, 5.74) is 0.832. The van der Waals surface area contributed by atoms with E-state index in [9.17, 15) is 13.6 Å². The lowest BCUT2D eigenvalue weighted by atomic mass is 10.2. The van der Waals surface area contributed by atoms with Gasteiger partial charge in [0.25, 0.3) is 6.43 Å². The summed E-state index contributed by atoms with van der Waals surface area (Å²) in [5.74, 6) is -0.342. The molecule has 21 heavy (non-hydrogen) atoms. The fourth-order valence-corrected chi connectivity index (χ4v) is 1.71. The van der Waals surface area contributed by atoms with Gasteiger partial charge in [0.05, 0.1) is 19.7 Å². The van der Waals surface area contributed by atoms with Crippen LogP contribution in [-0.4, -0.2) is 50.6 Å². The molecule has 0 radical (unpaired) electrons. The highest BCUT2D eigenvalue weighted by Gasteiger charge is 2.18. The van der Waals surface area contributed by atoms with Gasteiger partial charge in [0.15, 0.2) is 0 Å². The van der Waals surface area contributed by atoms with Crippen molar-refractivity contribution >= 4 is 18.3 Å². The fourth-order valence-electron chi connectivity index (χ4n) is 1.71. The lowest BCUT2D eigenvalue weighted by molar-refractivity contribution is -0.132. The minimum absolute atomic E-state index is 0. The summed E-state index contributed by atoms with van der Waals surface area (Å²) in [6.07, 6.45) is -2.54. The molecule has 120 valence electrons. The SMILES string of the molecule is COCCNCC(=O)N(Cc1ccccc1)CC(F)F.Cl. The maximum Gasteiger partial charge on any atom is 0.255 e. The van der Waals surface area contributed by atoms with Gasteiger partial charge in [-0.1, -0.05) is 30.3 Å². The smallest absolute Gasteiger partial charge is 0.255 e. The van der Waals surface area contributed by atoms with Crippen LogP contribution in [0, 0.1) is 0 Å². The molecule has 0 saturated heterocycles. The van der Waals surface area contributed by atoms with E-state index in [0.717, 1.165) is 5.56 Å². The molecule has 0 aliphatic carbocycles. The Morgan fingerprint density at radius 3 is 2.57 bits per heavy atom. The number of rotatable bonds is 9. The molecule has 0 aliphatic heterocycles. The van der Waals surface area contributed by atoms with Gasteiger partial charge in [-0.25, -0.2) is 8.78 Å². The number of hydrogen-bond acceptors (Lipinski definition) is 3. The number of ether oxygens (including phenoxy) is 1. The third kappa shape index (κ3) is 8.60. The van der Waals surface area contributed by atoms with Crippen LogP contribution in [0.1, 0.15) is 5.56 Å². The van der Waals surface area contributed by atoms with Crippen LogP contribution in [-0.2, 0) is 16.1 Å². The van der Waals surface area contributed by atoms with Crippen LogP contribution in [0.3, 0.4) is 0 Å². The van der Waals surface area contributed by atoms with Crippen LogP contribution >= 0.6 is 12.4 Å². The van der Waals surface area contributed by atoms with E-state index >= 15 is 0 Å². The lowest BCUT2D eigenvalue weighted by Crippen LogP contribution is -2.41. The standard InChI is InChI=1S/C14H20F2N2O2.ClH/c1-20-8-7-17-9-14(19)18(11-13(15)16)10-12-5-3-2-4-6-12;/h2-6,13,17H,7-11H2,1H3;1H. The predicted octanol–water partition coefficient (Wildman–Crippen LogP) is 1.94. The van der Waals surface area contributed by atoms with Crippen molar-refractivity contribution in [3.05, 3.63) is 35.9 Å². The first-order chi connectivity index (χ1) is 9.63. The average Bonchev–Trinajstić information content (AvgIpc) is 2.43. The van der Waals surface area contributed by atoms with Crippen molar-refractivity contribution < 1.29 is 18.3 Å². The third-order valence-corrected chi connectivity index (χ3v) is 2.69. The Hall–Kier alpha value is -1.24. The Balaban J connectivity index is 0.00000400. The Morgan fingerprint density at radius 2 is 2.00 bits per heavy atom. The van der Waals surface area contributed by atoms with E-state index in [1.54, 1.807) is 7.11 Å². The number of hydrogen-bond donors (Lipinski definition) is 1. The van der Waals surface area contributed by atoms with Crippen LogP contribution < -0.4 is 5.32 Å². The summed E-state index contributed by atoms with van der Waals surface area (Å²) in [7, 11) is 1.56. The van der Waals surface area contributed by atoms with E-state index in [1.165, 1.54) is 4.90 Å². The molecule has 0 bridgehead atoms. The topological polar surface area (TPSA) is 41.6 Å². The Labute approximate surface area is 129 Å². The van der Waals surface area contributed by atoms with E-state index in [-0.39, 0.29) is 31.4 Å². The van der Waals surface area contributed by atoms with E-state index in [2.05, 4.69) is 5.32 Å². The van der Waals surface area contributed by atoms with Crippen molar-refractivity contribution in [1.82, 2.24) is 10.2 Å². The Morgan fingerprint density at radius 1 is 1.33 bits per heavy atom. The van der Waals surface area contributed by atoms with Gasteiger partial charge in [-0.15, -0.1) is 12.4 Å². The van der Waals surface area contributed by atoms with Gasteiger partial charge in [0.1, 0.15) is 0 Å². The number of nitrogens with zero attached hydrogens (tertiary/aromatic N) is 1. The summed E-state index contributed by atoms with van der Waals surface area (Å²) < 4.78 is 30.0. The van der Waals surface area contributed by atoms with Crippen LogP contribution in [0.15, 0.2) is 30.3 Å². The van der Waals surface area contributed by atoms with Crippen molar-refractivity contribution in [3.63, 3.8) is 0 Å². The molecular weight excluding hydrogens is 302 g/mol. The zero-order chi connectivity index (χ0) is 14.8. The van der Waals surface area contributed by atoms with Crippen molar-refractivity contribution in [3.8, 4) is 0 Å². The first-order valence-corrected chi connectivity index (χ1v) is 6.43. The maximum atomic E-state index is 12.6. The second-order valence-corrected chi connectivity index (χ2v) is 4.32. The minimum Gasteiger partial charge on any atom is -0.383 e. The van der Waals surface area contributed by atoms with Gasteiger partial charge in [-0.2, -0.15) is 0 Å². The zero-order valence-electron chi connectivity index (χ0n) is 11.9. The summed E-state index contributed by atoms with van der Waals surface area (Å²) in [6, 6.07) is 9.09. The molecule has 0 heterocycles. The molecule has 4 nitrogen and oxygen atoms in total. The van der Waals surface area contributed by atoms with Crippen molar-refractivity contribution in [1.29, 1.82) is 0 Å². The quantitative estimate of drug-likeness (QED) is 0.706. The fraction of sp³-hybridized carbons (Fsp3) is 0.500. The number of carbonyl (C=O) groups excluding carboxylic acids is 1. The largest absolute Gasteiger partial charge is 0.383 e. The van der Waals surface area contributed by atoms with Crippen LogP contribution in [0.4, 0.5) is 8.78 Å². The molecule has 0 saturated carbocycles. The Kier molecular flexibility index (Phi) is 10.7. The molecule has 1 aromatic rings.